The average Bonchev–Trinajstić information content (AvgIpc) is 3.29. The van der Waals surface area contributed by atoms with Crippen LogP contribution in [0.15, 0.2) is 12.2 Å². The lowest BCUT2D eigenvalue weighted by Gasteiger charge is -2.20. The van der Waals surface area contributed by atoms with E-state index >= 15 is 0 Å². The summed E-state index contributed by atoms with van der Waals surface area (Å²) in [6.07, 6.45) is 63.7. The summed E-state index contributed by atoms with van der Waals surface area (Å²) < 4.78 is 5.48. The van der Waals surface area contributed by atoms with Gasteiger partial charge >= 0.3 is 5.97 Å². The maximum atomic E-state index is 12.5. The average molecular weight is 905 g/mol. The minimum Gasteiger partial charge on any atom is -0.466 e. The highest BCUT2D eigenvalue weighted by Crippen LogP contribution is 2.17. The summed E-state index contributed by atoms with van der Waals surface area (Å²) in [5.41, 5.74) is 0. The Bertz CT molecular complexity index is 955. The molecule has 0 fully saturated rings. The molecule has 2 unspecified atom stereocenters. The fourth-order valence-corrected chi connectivity index (χ4v) is 9.11. The first-order valence-electron chi connectivity index (χ1n) is 29.0. The van der Waals surface area contributed by atoms with Crippen LogP contribution in [0.2, 0.25) is 0 Å². The molecule has 3 N–H and O–H groups in total. The number of hydrogen-bond donors (Lipinski definition) is 3. The number of ether oxygens (including phenoxy) is 1. The number of rotatable bonds is 54. The molecule has 64 heavy (non-hydrogen) atoms. The van der Waals surface area contributed by atoms with Gasteiger partial charge in [-0.3, -0.25) is 9.59 Å². The molecule has 0 heterocycles. The van der Waals surface area contributed by atoms with Crippen molar-refractivity contribution in [3.63, 3.8) is 0 Å². The summed E-state index contributed by atoms with van der Waals surface area (Å²) in [6, 6.07) is -0.639. The highest BCUT2D eigenvalue weighted by atomic mass is 16.5. The summed E-state index contributed by atoms with van der Waals surface area (Å²) in [6.45, 7) is 4.90. The monoisotopic (exact) mass is 904 g/mol. The molecule has 380 valence electrons. The van der Waals surface area contributed by atoms with E-state index in [-0.39, 0.29) is 18.5 Å². The van der Waals surface area contributed by atoms with Crippen molar-refractivity contribution >= 4 is 11.9 Å². The number of aliphatic hydroxyl groups excluding tert-OH is 2. The van der Waals surface area contributed by atoms with Crippen molar-refractivity contribution < 1.29 is 24.5 Å². The summed E-state index contributed by atoms with van der Waals surface area (Å²) in [7, 11) is 0. The quantitative estimate of drug-likeness (QED) is 0.0321. The molecular formula is C58H113NO5. The van der Waals surface area contributed by atoms with Crippen LogP contribution >= 0.6 is 0 Å². The van der Waals surface area contributed by atoms with Crippen LogP contribution in [0, 0.1) is 0 Å². The van der Waals surface area contributed by atoms with E-state index < -0.39 is 12.1 Å². The second-order valence-electron chi connectivity index (χ2n) is 20.0. The Morgan fingerprint density at radius 2 is 0.719 bits per heavy atom. The molecule has 6 heteroatoms. The highest BCUT2D eigenvalue weighted by molar-refractivity contribution is 5.76. The molecule has 1 amide bonds. The topological polar surface area (TPSA) is 95.9 Å². The Kier molecular flexibility index (Phi) is 53.0. The van der Waals surface area contributed by atoms with Gasteiger partial charge in [-0.15, -0.1) is 0 Å². The van der Waals surface area contributed by atoms with Crippen molar-refractivity contribution in [2.45, 2.75) is 334 Å². The lowest BCUT2D eigenvalue weighted by atomic mass is 10.0. The number of esters is 1. The molecule has 0 radical (unpaired) electrons. The van der Waals surface area contributed by atoms with Gasteiger partial charge in [-0.2, -0.15) is 0 Å². The summed E-state index contributed by atoms with van der Waals surface area (Å²) in [4.78, 5) is 24.5. The van der Waals surface area contributed by atoms with Crippen molar-refractivity contribution in [1.29, 1.82) is 0 Å². The molecule has 0 rings (SSSR count). The van der Waals surface area contributed by atoms with Crippen LogP contribution in [0.5, 0.6) is 0 Å². The van der Waals surface area contributed by atoms with Gasteiger partial charge in [0.25, 0.3) is 0 Å². The maximum absolute atomic E-state index is 12.5. The number of hydrogen-bond acceptors (Lipinski definition) is 5. The molecule has 0 aromatic heterocycles. The predicted octanol–water partition coefficient (Wildman–Crippen LogP) is 17.7. The zero-order valence-corrected chi connectivity index (χ0v) is 43.3. The third-order valence-electron chi connectivity index (χ3n) is 13.6. The Balaban J connectivity index is 3.46. The normalized spacial score (nSPS) is 12.6. The number of unbranched alkanes of at least 4 members (excludes halogenated alkanes) is 43. The Morgan fingerprint density at radius 1 is 0.422 bits per heavy atom. The van der Waals surface area contributed by atoms with Crippen molar-refractivity contribution in [3.8, 4) is 0 Å². The van der Waals surface area contributed by atoms with Crippen molar-refractivity contribution in [1.82, 2.24) is 5.32 Å². The Labute approximate surface area is 399 Å². The molecular weight excluding hydrogens is 791 g/mol. The number of allylic oxidation sites excluding steroid dienone is 1. The zero-order valence-electron chi connectivity index (χ0n) is 43.3. The molecule has 2 atom stereocenters. The van der Waals surface area contributed by atoms with E-state index in [0.717, 1.165) is 57.8 Å². The van der Waals surface area contributed by atoms with Crippen LogP contribution in [0.3, 0.4) is 0 Å². The van der Waals surface area contributed by atoms with Crippen molar-refractivity contribution in [2.75, 3.05) is 13.2 Å². The standard InChI is InChI=1S/C58H113NO5/c1-3-5-7-9-11-13-15-17-19-21-23-24-26-30-34-38-42-46-50-56(61)55(54-60)59-57(62)51-47-43-39-35-31-28-29-33-37-41-45-49-53-64-58(63)52-48-44-40-36-32-27-25-22-20-18-16-14-12-10-8-6-4-2/h46,50,55-56,60-61H,3-45,47-49,51-54H2,1-2H3,(H,59,62)/b50-46+. The fourth-order valence-electron chi connectivity index (χ4n) is 9.11. The third-order valence-corrected chi connectivity index (χ3v) is 13.6. The largest absolute Gasteiger partial charge is 0.466 e. The minimum absolute atomic E-state index is 0.00614. The first-order chi connectivity index (χ1) is 31.5. The zero-order chi connectivity index (χ0) is 46.5. The molecule has 0 saturated heterocycles. The summed E-state index contributed by atoms with van der Waals surface area (Å²) in [5, 5.41) is 23.1. The maximum Gasteiger partial charge on any atom is 0.305 e. The number of carbonyl (C=O) groups is 2. The van der Waals surface area contributed by atoms with Gasteiger partial charge < -0.3 is 20.3 Å². The van der Waals surface area contributed by atoms with Crippen LogP contribution in [0.1, 0.15) is 322 Å². The molecule has 0 aliphatic heterocycles. The van der Waals surface area contributed by atoms with Gasteiger partial charge in [0.1, 0.15) is 0 Å². The van der Waals surface area contributed by atoms with E-state index in [1.54, 1.807) is 6.08 Å². The van der Waals surface area contributed by atoms with Gasteiger partial charge in [0, 0.05) is 12.8 Å². The van der Waals surface area contributed by atoms with Crippen LogP contribution < -0.4 is 5.32 Å². The molecule has 0 aliphatic rings. The molecule has 6 nitrogen and oxygen atoms in total. The highest BCUT2D eigenvalue weighted by Gasteiger charge is 2.18. The lowest BCUT2D eigenvalue weighted by molar-refractivity contribution is -0.143. The second-order valence-corrected chi connectivity index (χ2v) is 20.0. The smallest absolute Gasteiger partial charge is 0.305 e. The van der Waals surface area contributed by atoms with E-state index in [1.165, 1.54) is 238 Å². The minimum atomic E-state index is -0.854. The van der Waals surface area contributed by atoms with E-state index in [2.05, 4.69) is 19.2 Å². The van der Waals surface area contributed by atoms with Crippen LogP contribution in [0.4, 0.5) is 0 Å². The first kappa shape index (κ1) is 62.6. The summed E-state index contributed by atoms with van der Waals surface area (Å²) >= 11 is 0. The molecule has 0 aliphatic carbocycles. The van der Waals surface area contributed by atoms with Gasteiger partial charge in [-0.25, -0.2) is 0 Å². The SMILES string of the molecule is CCCCCCCCCCCCCCCCCC/C=C/C(O)C(CO)NC(=O)CCCCCCCCCCCCCCOC(=O)CCCCCCCCCCCCCCCCCCC. The fraction of sp³-hybridized carbons (Fsp3) is 0.931. The second kappa shape index (κ2) is 54.2. The van der Waals surface area contributed by atoms with Crippen LogP contribution in [-0.2, 0) is 14.3 Å². The Morgan fingerprint density at radius 3 is 1.06 bits per heavy atom. The van der Waals surface area contributed by atoms with Crippen molar-refractivity contribution in [2.24, 2.45) is 0 Å². The number of amides is 1. The van der Waals surface area contributed by atoms with Crippen LogP contribution in [-0.4, -0.2) is 47.4 Å². The number of nitrogens with one attached hydrogen (secondary N) is 1. The number of aliphatic hydroxyl groups is 2. The van der Waals surface area contributed by atoms with Gasteiger partial charge in [0.2, 0.25) is 5.91 Å². The lowest BCUT2D eigenvalue weighted by Crippen LogP contribution is -2.45. The van der Waals surface area contributed by atoms with Gasteiger partial charge in [-0.1, -0.05) is 289 Å². The van der Waals surface area contributed by atoms with E-state index in [9.17, 15) is 19.8 Å². The molecule has 0 saturated carbocycles. The third kappa shape index (κ3) is 50.0. The molecule has 0 bridgehead atoms. The molecule has 0 aromatic rings. The van der Waals surface area contributed by atoms with E-state index in [0.29, 0.717) is 19.4 Å². The van der Waals surface area contributed by atoms with Crippen LogP contribution in [0.25, 0.3) is 0 Å². The number of carbonyl (C=O) groups excluding carboxylic acids is 2. The summed E-state index contributed by atoms with van der Waals surface area (Å²) in [5.74, 6) is -0.0865. The van der Waals surface area contributed by atoms with Crippen molar-refractivity contribution in [3.05, 3.63) is 12.2 Å². The predicted molar refractivity (Wildman–Crippen MR) is 278 cm³/mol. The molecule has 0 aromatic carbocycles. The van der Waals surface area contributed by atoms with Gasteiger partial charge in [-0.05, 0) is 32.1 Å². The molecule has 0 spiro atoms. The van der Waals surface area contributed by atoms with E-state index in [4.69, 9.17) is 4.74 Å². The van der Waals surface area contributed by atoms with Gasteiger partial charge in [0.15, 0.2) is 0 Å². The Hall–Kier alpha value is -1.40. The van der Waals surface area contributed by atoms with Gasteiger partial charge in [0.05, 0.1) is 25.4 Å². The van der Waals surface area contributed by atoms with E-state index in [1.807, 2.05) is 6.08 Å². The first-order valence-corrected chi connectivity index (χ1v) is 29.0.